The standard InChI is InChI=1S/C18H22N4O6/c1-18(2)27-16(23)14(17(24)28-18)15(21-10-8-20(3)9-11-21)19-12-4-6-13(7-5-12)22(25)26/h4-7,19H,8-11H2,1-3H3. The maximum Gasteiger partial charge on any atom is 0.352 e. The second-order valence-electron chi connectivity index (χ2n) is 7.12. The zero-order valence-corrected chi connectivity index (χ0v) is 15.9. The first-order chi connectivity index (χ1) is 13.2. The van der Waals surface area contributed by atoms with Crippen LogP contribution in [-0.2, 0) is 19.1 Å². The lowest BCUT2D eigenvalue weighted by Crippen LogP contribution is -2.48. The van der Waals surface area contributed by atoms with E-state index in [0.29, 0.717) is 18.8 Å². The Kier molecular flexibility index (Phi) is 5.23. The third-order valence-electron chi connectivity index (χ3n) is 4.48. The van der Waals surface area contributed by atoms with E-state index < -0.39 is 22.6 Å². The van der Waals surface area contributed by atoms with Crippen molar-refractivity contribution in [2.45, 2.75) is 19.6 Å². The highest BCUT2D eigenvalue weighted by molar-refractivity contribution is 6.16. The summed E-state index contributed by atoms with van der Waals surface area (Å²) in [7, 11) is 1.99. The average Bonchev–Trinajstić information content (AvgIpc) is 2.60. The molecule has 2 aliphatic heterocycles. The van der Waals surface area contributed by atoms with Crippen LogP contribution in [0.5, 0.6) is 0 Å². The Morgan fingerprint density at radius 1 is 1.07 bits per heavy atom. The van der Waals surface area contributed by atoms with Crippen LogP contribution in [0.3, 0.4) is 0 Å². The molecule has 10 nitrogen and oxygen atoms in total. The van der Waals surface area contributed by atoms with Crippen LogP contribution in [0.2, 0.25) is 0 Å². The van der Waals surface area contributed by atoms with Gasteiger partial charge in [-0.15, -0.1) is 0 Å². The predicted molar refractivity (Wildman–Crippen MR) is 99.1 cm³/mol. The van der Waals surface area contributed by atoms with Crippen molar-refractivity contribution in [3.63, 3.8) is 0 Å². The molecule has 0 unspecified atom stereocenters. The highest BCUT2D eigenvalue weighted by Crippen LogP contribution is 2.28. The number of hydrogen-bond donors (Lipinski definition) is 1. The summed E-state index contributed by atoms with van der Waals surface area (Å²) in [5, 5.41) is 13.9. The van der Waals surface area contributed by atoms with Crippen molar-refractivity contribution in [2.75, 3.05) is 38.5 Å². The number of ether oxygens (including phenoxy) is 2. The van der Waals surface area contributed by atoms with Crippen LogP contribution in [0.4, 0.5) is 11.4 Å². The van der Waals surface area contributed by atoms with Crippen molar-refractivity contribution in [1.29, 1.82) is 0 Å². The number of non-ortho nitro benzene ring substituents is 1. The van der Waals surface area contributed by atoms with E-state index in [1.165, 1.54) is 38.1 Å². The molecule has 10 heteroatoms. The smallest absolute Gasteiger partial charge is 0.352 e. The molecule has 0 atom stereocenters. The molecule has 2 heterocycles. The Labute approximate surface area is 161 Å². The quantitative estimate of drug-likeness (QED) is 0.267. The Morgan fingerprint density at radius 3 is 2.11 bits per heavy atom. The minimum absolute atomic E-state index is 0.0578. The molecular formula is C18H22N4O6. The molecule has 2 aliphatic rings. The van der Waals surface area contributed by atoms with Gasteiger partial charge in [0.25, 0.3) is 11.5 Å². The van der Waals surface area contributed by atoms with E-state index in [2.05, 4.69) is 10.2 Å². The fraction of sp³-hybridized carbons (Fsp3) is 0.444. The van der Waals surface area contributed by atoms with Gasteiger partial charge < -0.3 is 24.6 Å². The van der Waals surface area contributed by atoms with Gasteiger partial charge in [0.2, 0.25) is 0 Å². The van der Waals surface area contributed by atoms with Gasteiger partial charge in [-0.3, -0.25) is 10.1 Å². The first kappa shape index (κ1) is 19.6. The lowest BCUT2D eigenvalue weighted by Gasteiger charge is -2.38. The number of piperazine rings is 1. The molecule has 0 radical (unpaired) electrons. The summed E-state index contributed by atoms with van der Waals surface area (Å²) in [5.74, 6) is -2.61. The Bertz CT molecular complexity index is 803. The molecule has 1 aromatic rings. The molecule has 0 aliphatic carbocycles. The summed E-state index contributed by atoms with van der Waals surface area (Å²) in [6.07, 6.45) is 0. The second-order valence-corrected chi connectivity index (χ2v) is 7.12. The maximum absolute atomic E-state index is 12.6. The van der Waals surface area contributed by atoms with Gasteiger partial charge in [0.15, 0.2) is 5.57 Å². The van der Waals surface area contributed by atoms with E-state index in [1.807, 2.05) is 11.9 Å². The van der Waals surface area contributed by atoms with E-state index in [9.17, 15) is 19.7 Å². The van der Waals surface area contributed by atoms with Gasteiger partial charge in [0.05, 0.1) is 4.92 Å². The van der Waals surface area contributed by atoms with Gasteiger partial charge in [-0.25, -0.2) is 9.59 Å². The number of carbonyl (C=O) groups is 2. The molecule has 0 spiro atoms. The fourth-order valence-electron chi connectivity index (χ4n) is 2.98. The summed E-state index contributed by atoms with van der Waals surface area (Å²) in [6.45, 7) is 5.62. The lowest BCUT2D eigenvalue weighted by molar-refractivity contribution is -0.384. The van der Waals surface area contributed by atoms with E-state index in [0.717, 1.165) is 13.1 Å². The first-order valence-corrected chi connectivity index (χ1v) is 8.82. The van der Waals surface area contributed by atoms with E-state index in [4.69, 9.17) is 9.47 Å². The van der Waals surface area contributed by atoms with Gasteiger partial charge in [-0.05, 0) is 19.2 Å². The van der Waals surface area contributed by atoms with E-state index >= 15 is 0 Å². The minimum atomic E-state index is -1.34. The number of rotatable bonds is 4. The molecule has 1 aromatic carbocycles. The molecule has 28 heavy (non-hydrogen) atoms. The first-order valence-electron chi connectivity index (χ1n) is 8.82. The average molecular weight is 390 g/mol. The number of nitrogens with zero attached hydrogens (tertiary/aromatic N) is 3. The van der Waals surface area contributed by atoms with Crippen molar-refractivity contribution in [3.05, 3.63) is 45.8 Å². The second kappa shape index (κ2) is 7.47. The number of benzene rings is 1. The number of anilines is 1. The molecule has 1 N–H and O–H groups in total. The number of esters is 2. The third-order valence-corrected chi connectivity index (χ3v) is 4.48. The zero-order chi connectivity index (χ0) is 20.5. The number of cyclic esters (lactones) is 2. The van der Waals surface area contributed by atoms with E-state index in [-0.39, 0.29) is 17.1 Å². The monoisotopic (exact) mass is 390 g/mol. The summed E-state index contributed by atoms with van der Waals surface area (Å²) in [4.78, 5) is 39.5. The number of nitro benzene ring substituents is 1. The largest absolute Gasteiger partial charge is 0.419 e. The third kappa shape index (κ3) is 4.22. The van der Waals surface area contributed by atoms with Crippen LogP contribution in [0.1, 0.15) is 13.8 Å². The molecule has 0 saturated carbocycles. The zero-order valence-electron chi connectivity index (χ0n) is 15.9. The van der Waals surface area contributed by atoms with Gasteiger partial charge in [0.1, 0.15) is 5.82 Å². The van der Waals surface area contributed by atoms with E-state index in [1.54, 1.807) is 0 Å². The summed E-state index contributed by atoms with van der Waals surface area (Å²) >= 11 is 0. The number of hydrogen-bond acceptors (Lipinski definition) is 9. The van der Waals surface area contributed by atoms with Crippen LogP contribution in [0.25, 0.3) is 0 Å². The van der Waals surface area contributed by atoms with Gasteiger partial charge in [-0.1, -0.05) is 0 Å². The Morgan fingerprint density at radius 2 is 1.61 bits per heavy atom. The summed E-state index contributed by atoms with van der Waals surface area (Å²) in [6, 6.07) is 5.71. The van der Waals surface area contributed by atoms with Gasteiger partial charge in [-0.2, -0.15) is 0 Å². The van der Waals surface area contributed by atoms with Crippen molar-refractivity contribution in [3.8, 4) is 0 Å². The number of likely N-dealkylation sites (N-methyl/N-ethyl adjacent to an activating group) is 1. The number of carbonyl (C=O) groups excluding carboxylic acids is 2. The van der Waals surface area contributed by atoms with Crippen molar-refractivity contribution in [2.24, 2.45) is 0 Å². The van der Waals surface area contributed by atoms with Crippen molar-refractivity contribution >= 4 is 23.3 Å². The number of nitro groups is 1. The molecule has 2 fully saturated rings. The maximum atomic E-state index is 12.6. The van der Waals surface area contributed by atoms with Crippen LogP contribution in [0, 0.1) is 10.1 Å². The van der Waals surface area contributed by atoms with Gasteiger partial charge >= 0.3 is 11.9 Å². The molecule has 2 saturated heterocycles. The lowest BCUT2D eigenvalue weighted by atomic mass is 10.1. The van der Waals surface area contributed by atoms with Crippen LogP contribution < -0.4 is 5.32 Å². The summed E-state index contributed by atoms with van der Waals surface area (Å²) < 4.78 is 10.5. The number of nitrogens with one attached hydrogen (secondary N) is 1. The molecule has 0 aromatic heterocycles. The van der Waals surface area contributed by atoms with Gasteiger partial charge in [0, 0.05) is 57.8 Å². The molecule has 3 rings (SSSR count). The fourth-order valence-corrected chi connectivity index (χ4v) is 2.98. The van der Waals surface area contributed by atoms with Crippen LogP contribution >= 0.6 is 0 Å². The topological polar surface area (TPSA) is 114 Å². The minimum Gasteiger partial charge on any atom is -0.419 e. The van der Waals surface area contributed by atoms with Crippen LogP contribution in [-0.4, -0.2) is 65.7 Å². The van der Waals surface area contributed by atoms with Crippen molar-refractivity contribution < 1.29 is 24.0 Å². The molecule has 150 valence electrons. The molecular weight excluding hydrogens is 368 g/mol. The van der Waals surface area contributed by atoms with Crippen molar-refractivity contribution in [1.82, 2.24) is 9.80 Å². The Hall–Kier alpha value is -3.14. The molecule has 0 amide bonds. The molecule has 0 bridgehead atoms. The highest BCUT2D eigenvalue weighted by atomic mass is 16.7. The Balaban J connectivity index is 1.96. The normalized spacial score (nSPS) is 19.7. The SMILES string of the molecule is CN1CCN(C(Nc2ccc([N+](=O)[O-])cc2)=C2C(=O)OC(C)(C)OC2=O)CC1. The predicted octanol–water partition coefficient (Wildman–Crippen LogP) is 1.30. The van der Waals surface area contributed by atoms with Crippen LogP contribution in [0.15, 0.2) is 35.7 Å². The summed E-state index contributed by atoms with van der Waals surface area (Å²) in [5.41, 5.74) is 0.220. The highest BCUT2D eigenvalue weighted by Gasteiger charge is 2.42.